The molecule has 0 spiro atoms. The molecule has 0 radical (unpaired) electrons. The number of methoxy groups -OCH3 is 2. The molecule has 0 aliphatic carbocycles. The number of anilines is 2. The predicted octanol–water partition coefficient (Wildman–Crippen LogP) is 4.31. The minimum absolute atomic E-state index is 0.392. The molecule has 0 saturated heterocycles. The van der Waals surface area contributed by atoms with Gasteiger partial charge in [0.2, 0.25) is 0 Å². The van der Waals surface area contributed by atoms with Crippen LogP contribution in [0.1, 0.15) is 5.56 Å². The van der Waals surface area contributed by atoms with Crippen LogP contribution >= 0.6 is 11.6 Å². The number of halogens is 1. The highest BCUT2D eigenvalue weighted by molar-refractivity contribution is 6.31. The van der Waals surface area contributed by atoms with Crippen LogP contribution in [-0.4, -0.2) is 20.3 Å². The Labute approximate surface area is 134 Å². The summed E-state index contributed by atoms with van der Waals surface area (Å²) in [5.41, 5.74) is 2.07. The molecular formula is C16H17ClN2O3. The predicted molar refractivity (Wildman–Crippen MR) is 88.4 cm³/mol. The van der Waals surface area contributed by atoms with E-state index in [4.69, 9.17) is 21.1 Å². The topological polar surface area (TPSA) is 59.6 Å². The van der Waals surface area contributed by atoms with E-state index in [1.165, 1.54) is 7.11 Å². The van der Waals surface area contributed by atoms with E-state index < -0.39 is 6.03 Å². The molecule has 0 atom stereocenters. The van der Waals surface area contributed by atoms with E-state index in [0.29, 0.717) is 27.9 Å². The number of carbonyl (C=O) groups excluding carboxylic acids is 1. The SMILES string of the molecule is COc1ccc(OC)c(NC(=O)Nc2cc(Cl)ccc2C)c1. The fraction of sp³-hybridized carbons (Fsp3) is 0.188. The standard InChI is InChI=1S/C16H17ClN2O3/c1-10-4-5-11(17)8-13(10)18-16(20)19-14-9-12(21-2)6-7-15(14)22-3/h4-9H,1-3H3,(H2,18,19,20). The molecule has 2 N–H and O–H groups in total. The van der Waals surface area contributed by atoms with Crippen molar-refractivity contribution in [2.75, 3.05) is 24.9 Å². The van der Waals surface area contributed by atoms with Gasteiger partial charge in [0.15, 0.2) is 0 Å². The number of hydrogen-bond acceptors (Lipinski definition) is 3. The molecular weight excluding hydrogens is 304 g/mol. The maximum atomic E-state index is 12.2. The maximum Gasteiger partial charge on any atom is 0.323 e. The molecule has 2 aromatic rings. The first-order chi connectivity index (χ1) is 10.5. The third-order valence-electron chi connectivity index (χ3n) is 3.10. The third-order valence-corrected chi connectivity index (χ3v) is 3.34. The van der Waals surface area contributed by atoms with Crippen molar-refractivity contribution in [2.24, 2.45) is 0 Å². The Balaban J connectivity index is 2.16. The number of carbonyl (C=O) groups is 1. The van der Waals surface area contributed by atoms with Gasteiger partial charge in [-0.15, -0.1) is 0 Å². The normalized spacial score (nSPS) is 10.0. The molecule has 6 heteroatoms. The zero-order valence-electron chi connectivity index (χ0n) is 12.6. The van der Waals surface area contributed by atoms with Gasteiger partial charge in [-0.3, -0.25) is 0 Å². The Morgan fingerprint density at radius 2 is 1.73 bits per heavy atom. The first kappa shape index (κ1) is 16.0. The Bertz CT molecular complexity index is 689. The van der Waals surface area contributed by atoms with E-state index in [9.17, 15) is 4.79 Å². The molecule has 116 valence electrons. The highest BCUT2D eigenvalue weighted by Crippen LogP contribution is 2.29. The van der Waals surface area contributed by atoms with Crippen LogP contribution in [0.4, 0.5) is 16.2 Å². The molecule has 2 rings (SSSR count). The summed E-state index contributed by atoms with van der Waals surface area (Å²) in [5, 5.41) is 6.05. The largest absolute Gasteiger partial charge is 0.497 e. The summed E-state index contributed by atoms with van der Waals surface area (Å²) < 4.78 is 10.4. The molecule has 0 aliphatic rings. The maximum absolute atomic E-state index is 12.2. The van der Waals surface area contributed by atoms with E-state index >= 15 is 0 Å². The zero-order valence-corrected chi connectivity index (χ0v) is 13.3. The van der Waals surface area contributed by atoms with Gasteiger partial charge in [0.05, 0.1) is 19.9 Å². The van der Waals surface area contributed by atoms with Crippen LogP contribution < -0.4 is 20.1 Å². The summed E-state index contributed by atoms with van der Waals surface area (Å²) in [7, 11) is 3.09. The first-order valence-electron chi connectivity index (χ1n) is 6.59. The summed E-state index contributed by atoms with van der Waals surface area (Å²) >= 11 is 5.94. The third kappa shape index (κ3) is 3.83. The van der Waals surface area contributed by atoms with Gasteiger partial charge in [0.1, 0.15) is 11.5 Å². The number of rotatable bonds is 4. The van der Waals surface area contributed by atoms with Crippen LogP contribution in [0.25, 0.3) is 0 Å². The van der Waals surface area contributed by atoms with Crippen LogP contribution in [0.15, 0.2) is 36.4 Å². The molecule has 0 aromatic heterocycles. The fourth-order valence-electron chi connectivity index (χ4n) is 1.92. The number of amides is 2. The Hall–Kier alpha value is -2.40. The summed E-state index contributed by atoms with van der Waals surface area (Å²) in [5.74, 6) is 1.16. The second-order valence-electron chi connectivity index (χ2n) is 4.60. The van der Waals surface area contributed by atoms with Crippen molar-refractivity contribution in [3.8, 4) is 11.5 Å². The van der Waals surface area contributed by atoms with Crippen LogP contribution in [0.2, 0.25) is 5.02 Å². The molecule has 0 unspecified atom stereocenters. The lowest BCUT2D eigenvalue weighted by atomic mass is 10.2. The van der Waals surface area contributed by atoms with Crippen LogP contribution in [0.3, 0.4) is 0 Å². The minimum atomic E-state index is -0.392. The van der Waals surface area contributed by atoms with Crippen LogP contribution in [-0.2, 0) is 0 Å². The highest BCUT2D eigenvalue weighted by atomic mass is 35.5. The van der Waals surface area contributed by atoms with E-state index in [-0.39, 0.29) is 0 Å². The highest BCUT2D eigenvalue weighted by Gasteiger charge is 2.10. The van der Waals surface area contributed by atoms with Gasteiger partial charge >= 0.3 is 6.03 Å². The summed E-state index contributed by atoms with van der Waals surface area (Å²) in [4.78, 5) is 12.2. The molecule has 0 saturated carbocycles. The second kappa shape index (κ2) is 7.04. The lowest BCUT2D eigenvalue weighted by Crippen LogP contribution is -2.20. The van der Waals surface area contributed by atoms with Gasteiger partial charge < -0.3 is 20.1 Å². The quantitative estimate of drug-likeness (QED) is 0.882. The molecule has 0 fully saturated rings. The number of aryl methyl sites for hydroxylation is 1. The fourth-order valence-corrected chi connectivity index (χ4v) is 2.09. The van der Waals surface area contributed by atoms with Gasteiger partial charge in [-0.1, -0.05) is 17.7 Å². The van der Waals surface area contributed by atoms with Crippen LogP contribution in [0, 0.1) is 6.92 Å². The second-order valence-corrected chi connectivity index (χ2v) is 5.04. The van der Waals surface area contributed by atoms with Crippen molar-refractivity contribution in [2.45, 2.75) is 6.92 Å². The van der Waals surface area contributed by atoms with Crippen molar-refractivity contribution >= 4 is 29.0 Å². The minimum Gasteiger partial charge on any atom is -0.497 e. The number of urea groups is 1. The molecule has 2 aromatic carbocycles. The molecule has 0 heterocycles. The molecule has 0 aliphatic heterocycles. The van der Waals surface area contributed by atoms with E-state index in [1.54, 1.807) is 37.4 Å². The van der Waals surface area contributed by atoms with Gasteiger partial charge in [0.25, 0.3) is 0 Å². The average Bonchev–Trinajstić information content (AvgIpc) is 2.50. The molecule has 5 nitrogen and oxygen atoms in total. The van der Waals surface area contributed by atoms with E-state index in [2.05, 4.69) is 10.6 Å². The van der Waals surface area contributed by atoms with Gasteiger partial charge in [-0.05, 0) is 36.8 Å². The lowest BCUT2D eigenvalue weighted by molar-refractivity contribution is 0.262. The van der Waals surface area contributed by atoms with Crippen molar-refractivity contribution < 1.29 is 14.3 Å². The van der Waals surface area contributed by atoms with E-state index in [0.717, 1.165) is 5.56 Å². The summed E-state index contributed by atoms with van der Waals surface area (Å²) in [6.07, 6.45) is 0. The number of hydrogen-bond donors (Lipinski definition) is 2. The summed E-state index contributed by atoms with van der Waals surface area (Å²) in [6, 6.07) is 10.1. The van der Waals surface area contributed by atoms with Gasteiger partial charge in [0, 0.05) is 16.8 Å². The van der Waals surface area contributed by atoms with Gasteiger partial charge in [-0.25, -0.2) is 4.79 Å². The van der Waals surface area contributed by atoms with Crippen molar-refractivity contribution in [1.82, 2.24) is 0 Å². The van der Waals surface area contributed by atoms with Gasteiger partial charge in [-0.2, -0.15) is 0 Å². The number of ether oxygens (including phenoxy) is 2. The summed E-state index contributed by atoms with van der Waals surface area (Å²) in [6.45, 7) is 1.89. The molecule has 2 amide bonds. The van der Waals surface area contributed by atoms with Crippen molar-refractivity contribution in [3.05, 3.63) is 47.0 Å². The van der Waals surface area contributed by atoms with E-state index in [1.807, 2.05) is 13.0 Å². The van der Waals surface area contributed by atoms with Crippen molar-refractivity contribution in [1.29, 1.82) is 0 Å². The Kier molecular flexibility index (Phi) is 5.12. The first-order valence-corrected chi connectivity index (χ1v) is 6.97. The Morgan fingerprint density at radius 1 is 1.00 bits per heavy atom. The Morgan fingerprint density at radius 3 is 2.41 bits per heavy atom. The monoisotopic (exact) mass is 320 g/mol. The number of nitrogens with one attached hydrogen (secondary N) is 2. The zero-order chi connectivity index (χ0) is 16.1. The van der Waals surface area contributed by atoms with Crippen molar-refractivity contribution in [3.63, 3.8) is 0 Å². The molecule has 0 bridgehead atoms. The molecule has 22 heavy (non-hydrogen) atoms. The smallest absolute Gasteiger partial charge is 0.323 e. The number of benzene rings is 2. The lowest BCUT2D eigenvalue weighted by Gasteiger charge is -2.13. The average molecular weight is 321 g/mol. The van der Waals surface area contributed by atoms with Crippen LogP contribution in [0.5, 0.6) is 11.5 Å².